The van der Waals surface area contributed by atoms with Crippen LogP contribution in [0, 0.1) is 0 Å². The summed E-state index contributed by atoms with van der Waals surface area (Å²) in [5.41, 5.74) is 3.16. The lowest BCUT2D eigenvalue weighted by molar-refractivity contribution is 0.0737. The number of rotatable bonds is 4. The summed E-state index contributed by atoms with van der Waals surface area (Å²) in [6.07, 6.45) is 1.50. The van der Waals surface area contributed by atoms with Gasteiger partial charge in [0.1, 0.15) is 17.7 Å². The Balaban J connectivity index is 1.85. The molecule has 122 valence electrons. The second-order valence-electron chi connectivity index (χ2n) is 5.64. The van der Waals surface area contributed by atoms with E-state index in [1.807, 2.05) is 37.3 Å². The maximum atomic E-state index is 12.7. The topological polar surface area (TPSA) is 66.6 Å². The minimum absolute atomic E-state index is 0.0915. The second kappa shape index (κ2) is 6.58. The van der Waals surface area contributed by atoms with Crippen LogP contribution < -0.4 is 0 Å². The number of hydrogen-bond donors (Lipinski definition) is 1. The Morgan fingerprint density at radius 1 is 1.12 bits per heavy atom. The van der Waals surface area contributed by atoms with E-state index < -0.39 is 0 Å². The summed E-state index contributed by atoms with van der Waals surface area (Å²) in [4.78, 5) is 14.4. The third-order valence-corrected chi connectivity index (χ3v) is 4.10. The summed E-state index contributed by atoms with van der Waals surface area (Å²) in [5.74, 6) is 0.123. The average Bonchev–Trinajstić information content (AvgIpc) is 3.15. The van der Waals surface area contributed by atoms with Crippen LogP contribution in [0.3, 0.4) is 0 Å². The number of carbonyl (C=O) groups is 1. The molecule has 0 bridgehead atoms. The molecule has 0 spiro atoms. The van der Waals surface area contributed by atoms with Gasteiger partial charge in [-0.05, 0) is 42.3 Å². The van der Waals surface area contributed by atoms with Crippen molar-refractivity contribution in [3.8, 4) is 16.9 Å². The molecule has 0 aliphatic heterocycles. The van der Waals surface area contributed by atoms with E-state index in [0.29, 0.717) is 11.3 Å². The molecule has 0 saturated carbocycles. The number of phenolic OH excluding ortho intramolecular Hbond substituents is 1. The Morgan fingerprint density at radius 3 is 2.54 bits per heavy atom. The number of phenols is 1. The average molecular weight is 322 g/mol. The number of nitrogens with zero attached hydrogens (tertiary/aromatic N) is 2. The lowest BCUT2D eigenvalue weighted by Crippen LogP contribution is -2.29. The van der Waals surface area contributed by atoms with Gasteiger partial charge in [0, 0.05) is 18.7 Å². The van der Waals surface area contributed by atoms with Crippen LogP contribution in [0.25, 0.3) is 11.1 Å². The van der Waals surface area contributed by atoms with E-state index in [1.165, 1.54) is 6.26 Å². The highest BCUT2D eigenvalue weighted by molar-refractivity contribution is 5.95. The van der Waals surface area contributed by atoms with Gasteiger partial charge in [0.2, 0.25) is 0 Å². The van der Waals surface area contributed by atoms with Crippen molar-refractivity contribution in [2.45, 2.75) is 13.0 Å². The van der Waals surface area contributed by atoms with Crippen molar-refractivity contribution in [3.63, 3.8) is 0 Å². The van der Waals surface area contributed by atoms with Gasteiger partial charge in [-0.25, -0.2) is 0 Å². The minimum atomic E-state index is -0.187. The first kappa shape index (κ1) is 15.8. The summed E-state index contributed by atoms with van der Waals surface area (Å²) in [7, 11) is 1.74. The van der Waals surface area contributed by atoms with Crippen LogP contribution in [-0.4, -0.2) is 28.1 Å². The van der Waals surface area contributed by atoms with Crippen LogP contribution in [0.2, 0.25) is 0 Å². The molecule has 5 nitrogen and oxygen atoms in total. The van der Waals surface area contributed by atoms with Crippen molar-refractivity contribution in [2.24, 2.45) is 0 Å². The van der Waals surface area contributed by atoms with Gasteiger partial charge in [0.25, 0.3) is 5.91 Å². The second-order valence-corrected chi connectivity index (χ2v) is 5.64. The van der Waals surface area contributed by atoms with Gasteiger partial charge in [-0.3, -0.25) is 4.79 Å². The summed E-state index contributed by atoms with van der Waals surface area (Å²) in [6, 6.07) is 15.9. The third kappa shape index (κ3) is 3.15. The lowest BCUT2D eigenvalue weighted by Gasteiger charge is -2.23. The Bertz CT molecular complexity index is 826. The molecule has 1 heterocycles. The Kier molecular flexibility index (Phi) is 4.33. The van der Waals surface area contributed by atoms with E-state index >= 15 is 0 Å². The van der Waals surface area contributed by atoms with Crippen molar-refractivity contribution < 1.29 is 14.4 Å². The molecular weight excluding hydrogens is 304 g/mol. The quantitative estimate of drug-likeness (QED) is 0.791. The number of benzene rings is 2. The molecule has 0 radical (unpaired) electrons. The minimum Gasteiger partial charge on any atom is -0.508 e. The molecule has 24 heavy (non-hydrogen) atoms. The van der Waals surface area contributed by atoms with E-state index in [9.17, 15) is 9.90 Å². The number of carbonyl (C=O) groups excluding carboxylic acids is 1. The third-order valence-electron chi connectivity index (χ3n) is 4.10. The van der Waals surface area contributed by atoms with E-state index in [0.717, 1.165) is 11.1 Å². The highest BCUT2D eigenvalue weighted by atomic mass is 16.5. The monoisotopic (exact) mass is 322 g/mol. The molecule has 0 fully saturated rings. The molecule has 0 aliphatic rings. The van der Waals surface area contributed by atoms with Crippen LogP contribution >= 0.6 is 0 Å². The zero-order valence-electron chi connectivity index (χ0n) is 13.5. The molecule has 1 N–H and O–H groups in total. The van der Waals surface area contributed by atoms with E-state index in [4.69, 9.17) is 4.52 Å². The van der Waals surface area contributed by atoms with Gasteiger partial charge >= 0.3 is 0 Å². The summed E-state index contributed by atoms with van der Waals surface area (Å²) >= 11 is 0. The van der Waals surface area contributed by atoms with Crippen molar-refractivity contribution >= 4 is 5.91 Å². The summed E-state index contributed by atoms with van der Waals surface area (Å²) in [6.45, 7) is 1.90. The van der Waals surface area contributed by atoms with Crippen molar-refractivity contribution in [2.75, 3.05) is 7.05 Å². The standard InChI is InChI=1S/C19H18N2O3/c1-13(18-10-11-24-20-18)21(2)19(23)16-5-3-4-15(12-16)14-6-8-17(22)9-7-14/h3-13,22H,1-2H3. The number of hydrogen-bond acceptors (Lipinski definition) is 4. The smallest absolute Gasteiger partial charge is 0.254 e. The van der Waals surface area contributed by atoms with Crippen LogP contribution in [0.4, 0.5) is 0 Å². The Morgan fingerprint density at radius 2 is 1.88 bits per heavy atom. The number of amides is 1. The van der Waals surface area contributed by atoms with Crippen LogP contribution in [-0.2, 0) is 0 Å². The highest BCUT2D eigenvalue weighted by Gasteiger charge is 2.21. The Labute approximate surface area is 140 Å². The largest absolute Gasteiger partial charge is 0.508 e. The molecule has 3 rings (SSSR count). The van der Waals surface area contributed by atoms with Gasteiger partial charge < -0.3 is 14.5 Å². The van der Waals surface area contributed by atoms with Crippen LogP contribution in [0.5, 0.6) is 5.75 Å². The van der Waals surface area contributed by atoms with Crippen molar-refractivity contribution in [3.05, 3.63) is 72.1 Å². The van der Waals surface area contributed by atoms with Gasteiger partial charge in [-0.1, -0.05) is 29.4 Å². The Hall–Kier alpha value is -3.08. The predicted octanol–water partition coefficient (Wildman–Crippen LogP) is 3.88. The molecule has 3 aromatic rings. The molecule has 0 saturated heterocycles. The molecule has 2 aromatic carbocycles. The predicted molar refractivity (Wildman–Crippen MR) is 90.6 cm³/mol. The SMILES string of the molecule is CC(c1ccon1)N(C)C(=O)c1cccc(-c2ccc(O)cc2)c1. The number of aromatic nitrogens is 1. The van der Waals surface area contributed by atoms with Crippen LogP contribution in [0.1, 0.15) is 29.0 Å². The molecular formula is C19H18N2O3. The fourth-order valence-electron chi connectivity index (χ4n) is 2.50. The fraction of sp³-hybridized carbons (Fsp3) is 0.158. The van der Waals surface area contributed by atoms with Gasteiger partial charge in [0.05, 0.1) is 6.04 Å². The van der Waals surface area contributed by atoms with Crippen molar-refractivity contribution in [1.29, 1.82) is 0 Å². The van der Waals surface area contributed by atoms with Crippen LogP contribution in [0.15, 0.2) is 65.4 Å². The lowest BCUT2D eigenvalue weighted by atomic mass is 10.0. The molecule has 0 aliphatic carbocycles. The first-order valence-electron chi connectivity index (χ1n) is 7.63. The van der Waals surface area contributed by atoms with E-state index in [2.05, 4.69) is 5.16 Å². The highest BCUT2D eigenvalue weighted by Crippen LogP contribution is 2.24. The van der Waals surface area contributed by atoms with Crippen molar-refractivity contribution in [1.82, 2.24) is 10.1 Å². The van der Waals surface area contributed by atoms with Gasteiger partial charge in [0.15, 0.2) is 0 Å². The first-order chi connectivity index (χ1) is 11.6. The van der Waals surface area contributed by atoms with Gasteiger partial charge in [-0.15, -0.1) is 0 Å². The maximum absolute atomic E-state index is 12.7. The first-order valence-corrected chi connectivity index (χ1v) is 7.63. The van der Waals surface area contributed by atoms with E-state index in [1.54, 1.807) is 36.2 Å². The number of aromatic hydroxyl groups is 1. The summed E-state index contributed by atoms with van der Waals surface area (Å²) in [5, 5.41) is 13.3. The molecule has 1 unspecified atom stereocenters. The molecule has 1 aromatic heterocycles. The zero-order chi connectivity index (χ0) is 17.1. The van der Waals surface area contributed by atoms with Gasteiger partial charge in [-0.2, -0.15) is 0 Å². The molecule has 1 atom stereocenters. The molecule has 1 amide bonds. The summed E-state index contributed by atoms with van der Waals surface area (Å²) < 4.78 is 4.85. The normalized spacial score (nSPS) is 11.9. The maximum Gasteiger partial charge on any atom is 0.254 e. The van der Waals surface area contributed by atoms with E-state index in [-0.39, 0.29) is 17.7 Å². The molecule has 5 heteroatoms. The fourth-order valence-corrected chi connectivity index (χ4v) is 2.50. The zero-order valence-corrected chi connectivity index (χ0v) is 13.5.